The average Bonchev–Trinajstić information content (AvgIpc) is 2.14. The summed E-state index contributed by atoms with van der Waals surface area (Å²) < 4.78 is 24.0. The van der Waals surface area contributed by atoms with Crippen LogP contribution >= 0.6 is 0 Å². The Morgan fingerprint density at radius 1 is 1.47 bits per heavy atom. The molecule has 1 aliphatic heterocycles. The summed E-state index contributed by atoms with van der Waals surface area (Å²) in [6.45, 7) is 1.71. The highest BCUT2D eigenvalue weighted by Crippen LogP contribution is 2.18. The number of hydrogen-bond acceptors (Lipinski definition) is 3. The maximum absolute atomic E-state index is 12.0. The molecule has 2 unspecified atom stereocenters. The van der Waals surface area contributed by atoms with Crippen LogP contribution in [0.3, 0.4) is 0 Å². The number of nitrogens with zero attached hydrogens (tertiary/aromatic N) is 1. The SMILES string of the molecule is CN1CC(CCO)CC(NCC(F)F)C1. The highest BCUT2D eigenvalue weighted by Gasteiger charge is 2.24. The van der Waals surface area contributed by atoms with Gasteiger partial charge in [0, 0.05) is 25.7 Å². The number of aliphatic hydroxyl groups excluding tert-OH is 1. The Morgan fingerprint density at radius 2 is 2.20 bits per heavy atom. The molecule has 1 aliphatic rings. The zero-order chi connectivity index (χ0) is 11.3. The van der Waals surface area contributed by atoms with E-state index in [1.807, 2.05) is 7.05 Å². The molecule has 1 fully saturated rings. The Kier molecular flexibility index (Phi) is 5.42. The zero-order valence-corrected chi connectivity index (χ0v) is 9.13. The Bertz CT molecular complexity index is 181. The van der Waals surface area contributed by atoms with Crippen LogP contribution in [-0.2, 0) is 0 Å². The number of alkyl halides is 2. The number of piperidine rings is 1. The van der Waals surface area contributed by atoms with Gasteiger partial charge in [-0.15, -0.1) is 0 Å². The van der Waals surface area contributed by atoms with Crippen molar-refractivity contribution < 1.29 is 13.9 Å². The minimum absolute atomic E-state index is 0.134. The first-order chi connectivity index (χ1) is 7.11. The minimum Gasteiger partial charge on any atom is -0.396 e. The third-order valence-corrected chi connectivity index (χ3v) is 2.82. The topological polar surface area (TPSA) is 35.5 Å². The number of aliphatic hydroxyl groups is 1. The molecule has 5 heteroatoms. The summed E-state index contributed by atoms with van der Waals surface area (Å²) in [6, 6.07) is 0.134. The predicted molar refractivity (Wildman–Crippen MR) is 55.1 cm³/mol. The quantitative estimate of drug-likeness (QED) is 0.713. The van der Waals surface area contributed by atoms with E-state index in [9.17, 15) is 8.78 Å². The van der Waals surface area contributed by atoms with Crippen LogP contribution in [0.1, 0.15) is 12.8 Å². The van der Waals surface area contributed by atoms with Crippen LogP contribution in [0.5, 0.6) is 0 Å². The second-order valence-electron chi connectivity index (χ2n) is 4.33. The molecular formula is C10H20F2N2O. The molecule has 0 aromatic carbocycles. The maximum atomic E-state index is 12.0. The third-order valence-electron chi connectivity index (χ3n) is 2.82. The van der Waals surface area contributed by atoms with Gasteiger partial charge in [0.05, 0.1) is 6.54 Å². The molecule has 0 bridgehead atoms. The molecule has 1 rings (SSSR count). The van der Waals surface area contributed by atoms with Gasteiger partial charge in [0.1, 0.15) is 0 Å². The molecule has 90 valence electrons. The van der Waals surface area contributed by atoms with Gasteiger partial charge in [-0.25, -0.2) is 8.78 Å². The molecule has 2 N–H and O–H groups in total. The zero-order valence-electron chi connectivity index (χ0n) is 9.13. The molecule has 2 atom stereocenters. The highest BCUT2D eigenvalue weighted by atomic mass is 19.3. The molecule has 0 spiro atoms. The van der Waals surface area contributed by atoms with E-state index < -0.39 is 6.43 Å². The monoisotopic (exact) mass is 222 g/mol. The van der Waals surface area contributed by atoms with Gasteiger partial charge in [-0.2, -0.15) is 0 Å². The van der Waals surface area contributed by atoms with E-state index in [2.05, 4.69) is 10.2 Å². The first kappa shape index (κ1) is 12.8. The van der Waals surface area contributed by atoms with Crippen LogP contribution in [0.4, 0.5) is 8.78 Å². The third kappa shape index (κ3) is 4.86. The van der Waals surface area contributed by atoms with Crippen molar-refractivity contribution in [3.05, 3.63) is 0 Å². The fourth-order valence-corrected chi connectivity index (χ4v) is 2.24. The van der Waals surface area contributed by atoms with Gasteiger partial charge in [0.2, 0.25) is 0 Å². The van der Waals surface area contributed by atoms with Crippen molar-refractivity contribution in [3.8, 4) is 0 Å². The number of rotatable bonds is 5. The molecule has 0 aromatic rings. The number of likely N-dealkylation sites (tertiary alicyclic amines) is 1. The maximum Gasteiger partial charge on any atom is 0.250 e. The average molecular weight is 222 g/mol. The normalized spacial score (nSPS) is 28.6. The van der Waals surface area contributed by atoms with E-state index in [4.69, 9.17) is 5.11 Å². The molecule has 0 aromatic heterocycles. The van der Waals surface area contributed by atoms with E-state index in [0.717, 1.165) is 25.9 Å². The second kappa shape index (κ2) is 6.35. The Morgan fingerprint density at radius 3 is 2.80 bits per heavy atom. The lowest BCUT2D eigenvalue weighted by atomic mass is 9.92. The summed E-state index contributed by atoms with van der Waals surface area (Å²) in [4.78, 5) is 2.13. The van der Waals surface area contributed by atoms with E-state index in [-0.39, 0.29) is 19.2 Å². The van der Waals surface area contributed by atoms with Gasteiger partial charge in [0.15, 0.2) is 0 Å². The van der Waals surface area contributed by atoms with Crippen molar-refractivity contribution in [2.75, 3.05) is 33.3 Å². The van der Waals surface area contributed by atoms with Gasteiger partial charge in [0.25, 0.3) is 6.43 Å². The molecule has 0 aliphatic carbocycles. The van der Waals surface area contributed by atoms with E-state index in [1.165, 1.54) is 0 Å². The number of halogens is 2. The van der Waals surface area contributed by atoms with Crippen LogP contribution < -0.4 is 5.32 Å². The molecule has 0 amide bonds. The van der Waals surface area contributed by atoms with Gasteiger partial charge < -0.3 is 15.3 Å². The molecule has 0 saturated carbocycles. The summed E-state index contributed by atoms with van der Waals surface area (Å²) in [7, 11) is 1.99. The summed E-state index contributed by atoms with van der Waals surface area (Å²) >= 11 is 0. The van der Waals surface area contributed by atoms with E-state index >= 15 is 0 Å². The van der Waals surface area contributed by atoms with E-state index in [1.54, 1.807) is 0 Å². The number of likely N-dealkylation sites (N-methyl/N-ethyl adjacent to an activating group) is 1. The summed E-state index contributed by atoms with van der Waals surface area (Å²) in [5.41, 5.74) is 0. The molecule has 1 saturated heterocycles. The van der Waals surface area contributed by atoms with Crippen LogP contribution in [0.25, 0.3) is 0 Å². The van der Waals surface area contributed by atoms with Crippen LogP contribution in [0, 0.1) is 5.92 Å². The largest absolute Gasteiger partial charge is 0.396 e. The minimum atomic E-state index is -2.28. The van der Waals surface area contributed by atoms with Crippen molar-refractivity contribution in [2.45, 2.75) is 25.3 Å². The van der Waals surface area contributed by atoms with Crippen molar-refractivity contribution in [1.82, 2.24) is 10.2 Å². The smallest absolute Gasteiger partial charge is 0.250 e. The predicted octanol–water partition coefficient (Wildman–Crippen LogP) is 0.544. The summed E-state index contributed by atoms with van der Waals surface area (Å²) in [5.74, 6) is 0.420. The van der Waals surface area contributed by atoms with E-state index in [0.29, 0.717) is 5.92 Å². The lowest BCUT2D eigenvalue weighted by Gasteiger charge is -2.36. The van der Waals surface area contributed by atoms with Crippen LogP contribution in [0.2, 0.25) is 0 Å². The van der Waals surface area contributed by atoms with Crippen LogP contribution in [0.15, 0.2) is 0 Å². The van der Waals surface area contributed by atoms with Gasteiger partial charge >= 0.3 is 0 Å². The number of nitrogens with one attached hydrogen (secondary N) is 1. The van der Waals surface area contributed by atoms with Crippen LogP contribution in [-0.4, -0.2) is 55.8 Å². The first-order valence-electron chi connectivity index (χ1n) is 5.42. The highest BCUT2D eigenvalue weighted by molar-refractivity contribution is 4.82. The Balaban J connectivity index is 2.31. The first-order valence-corrected chi connectivity index (χ1v) is 5.42. The van der Waals surface area contributed by atoms with Crippen molar-refractivity contribution in [2.24, 2.45) is 5.92 Å². The molecule has 3 nitrogen and oxygen atoms in total. The van der Waals surface area contributed by atoms with Gasteiger partial charge in [-0.05, 0) is 25.8 Å². The molecular weight excluding hydrogens is 202 g/mol. The van der Waals surface area contributed by atoms with Crippen molar-refractivity contribution in [3.63, 3.8) is 0 Å². The van der Waals surface area contributed by atoms with Crippen molar-refractivity contribution >= 4 is 0 Å². The lowest BCUT2D eigenvalue weighted by Crippen LogP contribution is -2.48. The van der Waals surface area contributed by atoms with Gasteiger partial charge in [-0.1, -0.05) is 0 Å². The van der Waals surface area contributed by atoms with Crippen molar-refractivity contribution in [1.29, 1.82) is 0 Å². The Hall–Kier alpha value is -0.260. The number of hydrogen-bond donors (Lipinski definition) is 2. The summed E-state index contributed by atoms with van der Waals surface area (Å²) in [5, 5.41) is 11.7. The lowest BCUT2D eigenvalue weighted by molar-refractivity contribution is 0.111. The molecule has 1 heterocycles. The summed E-state index contributed by atoms with van der Waals surface area (Å²) in [6.07, 6.45) is -0.636. The second-order valence-corrected chi connectivity index (χ2v) is 4.33. The fourth-order valence-electron chi connectivity index (χ4n) is 2.24. The molecule has 0 radical (unpaired) electrons. The molecule has 15 heavy (non-hydrogen) atoms. The Labute approximate surface area is 89.5 Å². The fraction of sp³-hybridized carbons (Fsp3) is 1.00. The standard InChI is InChI=1S/C10H20F2N2O/c1-14-6-8(2-3-15)4-9(7-14)13-5-10(11)12/h8-10,13,15H,2-7H2,1H3. The van der Waals surface area contributed by atoms with Gasteiger partial charge in [-0.3, -0.25) is 0 Å².